The number of carbonyl (C=O) groups is 3. The molecule has 39 heavy (non-hydrogen) atoms. The standard InChI is InChI=1S/C30H35N3O5S/c1-5-31-30(36)28(18-24-12-7-6-8-13-24)32(20-25-14-9-11-22(2)17-25)29(35)21-33(39(4,37)38)27-16-10-15-26(19-27)23(3)34/h6-17,19,28H,5,18,20-21H2,1-4H3,(H,31,36). The van der Waals surface area contributed by atoms with E-state index >= 15 is 0 Å². The van der Waals surface area contributed by atoms with Crippen LogP contribution >= 0.6 is 0 Å². The fraction of sp³-hybridized carbons (Fsp3) is 0.300. The van der Waals surface area contributed by atoms with E-state index in [9.17, 15) is 22.8 Å². The van der Waals surface area contributed by atoms with Gasteiger partial charge in [-0.3, -0.25) is 18.7 Å². The third-order valence-electron chi connectivity index (χ3n) is 6.28. The monoisotopic (exact) mass is 549 g/mol. The quantitative estimate of drug-likeness (QED) is 0.347. The van der Waals surface area contributed by atoms with E-state index in [4.69, 9.17) is 0 Å². The molecule has 0 aliphatic carbocycles. The van der Waals surface area contributed by atoms with Gasteiger partial charge in [-0.2, -0.15) is 0 Å². The van der Waals surface area contributed by atoms with Crippen LogP contribution in [-0.2, 0) is 32.6 Å². The lowest BCUT2D eigenvalue weighted by Crippen LogP contribution is -2.53. The second-order valence-electron chi connectivity index (χ2n) is 9.49. The van der Waals surface area contributed by atoms with Crippen LogP contribution in [-0.4, -0.2) is 56.3 Å². The zero-order valence-electron chi connectivity index (χ0n) is 22.8. The van der Waals surface area contributed by atoms with Gasteiger partial charge >= 0.3 is 0 Å². The highest BCUT2D eigenvalue weighted by molar-refractivity contribution is 7.92. The van der Waals surface area contributed by atoms with Gasteiger partial charge < -0.3 is 10.2 Å². The van der Waals surface area contributed by atoms with Crippen LogP contribution in [0.3, 0.4) is 0 Å². The molecule has 0 saturated heterocycles. The normalized spacial score (nSPS) is 11.9. The highest BCUT2D eigenvalue weighted by Crippen LogP contribution is 2.22. The van der Waals surface area contributed by atoms with Crippen LogP contribution in [0.5, 0.6) is 0 Å². The molecule has 0 heterocycles. The van der Waals surface area contributed by atoms with Crippen molar-refractivity contribution in [2.24, 2.45) is 0 Å². The minimum absolute atomic E-state index is 0.111. The first kappa shape index (κ1) is 29.6. The number of aryl methyl sites for hydroxylation is 1. The molecule has 8 nitrogen and oxygen atoms in total. The van der Waals surface area contributed by atoms with Gasteiger partial charge in [-0.15, -0.1) is 0 Å². The molecule has 2 amide bonds. The van der Waals surface area contributed by atoms with E-state index in [2.05, 4.69) is 5.32 Å². The van der Waals surface area contributed by atoms with Crippen LogP contribution < -0.4 is 9.62 Å². The molecule has 3 aromatic carbocycles. The summed E-state index contributed by atoms with van der Waals surface area (Å²) < 4.78 is 26.7. The first-order chi connectivity index (χ1) is 18.5. The number of ketones is 1. The SMILES string of the molecule is CCNC(=O)C(Cc1ccccc1)N(Cc1cccc(C)c1)C(=O)CN(c1cccc(C(C)=O)c1)S(C)(=O)=O. The summed E-state index contributed by atoms with van der Waals surface area (Å²) in [6, 6.07) is 22.3. The number of hydrogen-bond acceptors (Lipinski definition) is 5. The maximum atomic E-state index is 14.0. The van der Waals surface area contributed by atoms with Gasteiger partial charge in [0.2, 0.25) is 21.8 Å². The lowest BCUT2D eigenvalue weighted by molar-refractivity contribution is -0.140. The lowest BCUT2D eigenvalue weighted by Gasteiger charge is -2.33. The number of Topliss-reactive ketones (excluding diaryl/α,β-unsaturated/α-hetero) is 1. The maximum absolute atomic E-state index is 14.0. The highest BCUT2D eigenvalue weighted by Gasteiger charge is 2.33. The predicted molar refractivity (Wildman–Crippen MR) is 153 cm³/mol. The van der Waals surface area contributed by atoms with Gasteiger partial charge in [0, 0.05) is 25.1 Å². The van der Waals surface area contributed by atoms with Gasteiger partial charge in [-0.05, 0) is 44.0 Å². The number of benzene rings is 3. The van der Waals surface area contributed by atoms with Crippen molar-refractivity contribution in [1.29, 1.82) is 0 Å². The first-order valence-electron chi connectivity index (χ1n) is 12.7. The maximum Gasteiger partial charge on any atom is 0.244 e. The topological polar surface area (TPSA) is 104 Å². The van der Waals surface area contributed by atoms with Gasteiger partial charge in [-0.1, -0.05) is 72.3 Å². The Labute approximate surface area is 230 Å². The lowest BCUT2D eigenvalue weighted by atomic mass is 10.0. The van der Waals surface area contributed by atoms with Crippen molar-refractivity contribution >= 4 is 33.3 Å². The summed E-state index contributed by atoms with van der Waals surface area (Å²) in [6.07, 6.45) is 1.26. The Bertz CT molecular complexity index is 1420. The molecule has 206 valence electrons. The molecule has 1 atom stereocenters. The van der Waals surface area contributed by atoms with E-state index in [0.717, 1.165) is 27.3 Å². The average molecular weight is 550 g/mol. The number of amides is 2. The minimum atomic E-state index is -3.91. The molecule has 0 radical (unpaired) electrons. The number of hydrogen-bond donors (Lipinski definition) is 1. The molecule has 0 fully saturated rings. The summed E-state index contributed by atoms with van der Waals surface area (Å²) in [7, 11) is -3.91. The third kappa shape index (κ3) is 8.25. The number of likely N-dealkylation sites (N-methyl/N-ethyl adjacent to an activating group) is 1. The summed E-state index contributed by atoms with van der Waals surface area (Å²) in [5, 5.41) is 2.83. The number of rotatable bonds is 12. The summed E-state index contributed by atoms with van der Waals surface area (Å²) in [5.41, 5.74) is 3.21. The highest BCUT2D eigenvalue weighted by atomic mass is 32.2. The second-order valence-corrected chi connectivity index (χ2v) is 11.4. The van der Waals surface area contributed by atoms with Crippen molar-refractivity contribution in [2.75, 3.05) is 23.7 Å². The summed E-state index contributed by atoms with van der Waals surface area (Å²) in [5.74, 6) is -1.09. The summed E-state index contributed by atoms with van der Waals surface area (Å²) >= 11 is 0. The number of nitrogens with one attached hydrogen (secondary N) is 1. The molecular weight excluding hydrogens is 514 g/mol. The van der Waals surface area contributed by atoms with Gasteiger partial charge in [0.25, 0.3) is 0 Å². The van der Waals surface area contributed by atoms with Crippen molar-refractivity contribution in [1.82, 2.24) is 10.2 Å². The van der Waals surface area contributed by atoms with Crippen LogP contribution in [0.15, 0.2) is 78.9 Å². The van der Waals surface area contributed by atoms with Gasteiger partial charge in [0.15, 0.2) is 5.78 Å². The minimum Gasteiger partial charge on any atom is -0.355 e. The summed E-state index contributed by atoms with van der Waals surface area (Å²) in [4.78, 5) is 40.7. The molecular formula is C30H35N3O5S. The van der Waals surface area contributed by atoms with Crippen LogP contribution in [0.2, 0.25) is 0 Å². The Morgan fingerprint density at radius 3 is 2.18 bits per heavy atom. The van der Waals surface area contributed by atoms with Gasteiger partial charge in [0.05, 0.1) is 11.9 Å². The van der Waals surface area contributed by atoms with Crippen molar-refractivity contribution in [2.45, 2.75) is 39.8 Å². The first-order valence-corrected chi connectivity index (χ1v) is 14.6. The van der Waals surface area contributed by atoms with E-state index in [1.165, 1.54) is 24.0 Å². The Balaban J connectivity index is 2.06. The number of nitrogens with zero attached hydrogens (tertiary/aromatic N) is 2. The largest absolute Gasteiger partial charge is 0.355 e. The van der Waals surface area contributed by atoms with Crippen molar-refractivity contribution in [3.63, 3.8) is 0 Å². The number of anilines is 1. The van der Waals surface area contributed by atoms with Crippen molar-refractivity contribution in [3.8, 4) is 0 Å². The van der Waals surface area contributed by atoms with Crippen molar-refractivity contribution in [3.05, 3.63) is 101 Å². The molecule has 0 aliphatic heterocycles. The van der Waals surface area contributed by atoms with E-state index < -0.39 is 28.5 Å². The zero-order chi connectivity index (χ0) is 28.6. The molecule has 0 aromatic heterocycles. The van der Waals surface area contributed by atoms with Gasteiger partial charge in [-0.25, -0.2) is 8.42 Å². The Morgan fingerprint density at radius 1 is 0.897 bits per heavy atom. The Hall–Kier alpha value is -3.98. The van der Waals surface area contributed by atoms with Gasteiger partial charge in [0.1, 0.15) is 12.6 Å². The molecule has 3 rings (SSSR count). The Morgan fingerprint density at radius 2 is 1.56 bits per heavy atom. The number of carbonyl (C=O) groups excluding carboxylic acids is 3. The Kier molecular flexibility index (Phi) is 10.0. The molecule has 0 aliphatic rings. The predicted octanol–water partition coefficient (Wildman–Crippen LogP) is 3.74. The molecule has 1 N–H and O–H groups in total. The van der Waals surface area contributed by atoms with Crippen LogP contribution in [0.25, 0.3) is 0 Å². The smallest absolute Gasteiger partial charge is 0.244 e. The van der Waals surface area contributed by atoms with E-state index in [1.54, 1.807) is 19.1 Å². The fourth-order valence-corrected chi connectivity index (χ4v) is 5.19. The van der Waals surface area contributed by atoms with Crippen LogP contribution in [0.4, 0.5) is 5.69 Å². The summed E-state index contributed by atoms with van der Waals surface area (Å²) in [6.45, 7) is 5.09. The zero-order valence-corrected chi connectivity index (χ0v) is 23.6. The molecule has 1 unspecified atom stereocenters. The van der Waals surface area contributed by atoms with E-state index in [-0.39, 0.29) is 30.3 Å². The molecule has 9 heteroatoms. The van der Waals surface area contributed by atoms with Crippen LogP contribution in [0, 0.1) is 6.92 Å². The second kappa shape index (κ2) is 13.2. The third-order valence-corrected chi connectivity index (χ3v) is 7.42. The molecule has 0 saturated carbocycles. The average Bonchev–Trinajstić information content (AvgIpc) is 2.89. The fourth-order valence-electron chi connectivity index (χ4n) is 4.35. The molecule has 3 aromatic rings. The molecule has 0 bridgehead atoms. The van der Waals surface area contributed by atoms with Crippen molar-refractivity contribution < 1.29 is 22.8 Å². The number of sulfonamides is 1. The van der Waals surface area contributed by atoms with E-state index in [1.807, 2.05) is 61.5 Å². The molecule has 0 spiro atoms. The van der Waals surface area contributed by atoms with E-state index in [0.29, 0.717) is 12.1 Å². The van der Waals surface area contributed by atoms with Crippen LogP contribution in [0.1, 0.15) is 40.9 Å².